The molecule has 1 heterocycles. The van der Waals surface area contributed by atoms with Crippen molar-refractivity contribution in [3.8, 4) is 5.75 Å². The molecule has 0 aromatic heterocycles. The van der Waals surface area contributed by atoms with Crippen LogP contribution in [0.15, 0.2) is 54.6 Å². The Labute approximate surface area is 101 Å². The lowest BCUT2D eigenvalue weighted by atomic mass is 10.1. The summed E-state index contributed by atoms with van der Waals surface area (Å²) in [6.07, 6.45) is 0.238. The van der Waals surface area contributed by atoms with Crippen LogP contribution in [0.1, 0.15) is 17.2 Å². The fourth-order valence-electron chi connectivity index (χ4n) is 1.84. The molecule has 2 aromatic carbocycles. The molecule has 0 bridgehead atoms. The summed E-state index contributed by atoms with van der Waals surface area (Å²) < 4.78 is 11.2. The van der Waals surface area contributed by atoms with Gasteiger partial charge in [0.1, 0.15) is 18.5 Å². The Balaban J connectivity index is 1.73. The molecule has 86 valence electrons. The number of epoxide rings is 1. The van der Waals surface area contributed by atoms with Crippen LogP contribution in [0.4, 0.5) is 0 Å². The van der Waals surface area contributed by atoms with Crippen molar-refractivity contribution < 1.29 is 9.47 Å². The standard InChI is InChI=1S/C15H14O2/c1-2-6-12(7-3-1)10-16-14-9-5-4-8-13(14)15-11-17-15/h1-9,15H,10-11H2. The van der Waals surface area contributed by atoms with Crippen LogP contribution in [0.2, 0.25) is 0 Å². The van der Waals surface area contributed by atoms with E-state index < -0.39 is 0 Å². The minimum Gasteiger partial charge on any atom is -0.489 e. The summed E-state index contributed by atoms with van der Waals surface area (Å²) in [6, 6.07) is 18.3. The Morgan fingerprint density at radius 2 is 1.71 bits per heavy atom. The molecule has 0 N–H and O–H groups in total. The number of rotatable bonds is 4. The lowest BCUT2D eigenvalue weighted by molar-refractivity contribution is 0.298. The van der Waals surface area contributed by atoms with Crippen LogP contribution in [0, 0.1) is 0 Å². The molecule has 1 saturated heterocycles. The first kappa shape index (κ1) is 10.4. The number of para-hydroxylation sites is 1. The van der Waals surface area contributed by atoms with Crippen molar-refractivity contribution >= 4 is 0 Å². The summed E-state index contributed by atoms with van der Waals surface area (Å²) in [4.78, 5) is 0. The first-order chi connectivity index (χ1) is 8.43. The number of hydrogen-bond acceptors (Lipinski definition) is 2. The number of benzene rings is 2. The second-order valence-electron chi connectivity index (χ2n) is 4.13. The highest BCUT2D eigenvalue weighted by molar-refractivity contribution is 5.37. The molecule has 1 unspecified atom stereocenters. The van der Waals surface area contributed by atoms with Gasteiger partial charge in [0.05, 0.1) is 6.61 Å². The maximum absolute atomic E-state index is 5.84. The molecule has 17 heavy (non-hydrogen) atoms. The van der Waals surface area contributed by atoms with Gasteiger partial charge >= 0.3 is 0 Å². The molecule has 1 aliphatic heterocycles. The van der Waals surface area contributed by atoms with Crippen LogP contribution in [-0.2, 0) is 11.3 Å². The van der Waals surface area contributed by atoms with Gasteiger partial charge in [-0.05, 0) is 11.6 Å². The molecule has 0 aliphatic carbocycles. The molecule has 0 spiro atoms. The van der Waals surface area contributed by atoms with Crippen molar-refractivity contribution in [2.75, 3.05) is 6.61 Å². The summed E-state index contributed by atoms with van der Waals surface area (Å²) in [5.74, 6) is 0.929. The van der Waals surface area contributed by atoms with Gasteiger partial charge in [-0.2, -0.15) is 0 Å². The van der Waals surface area contributed by atoms with Crippen molar-refractivity contribution in [2.45, 2.75) is 12.7 Å². The Morgan fingerprint density at radius 1 is 1.00 bits per heavy atom. The summed E-state index contributed by atoms with van der Waals surface area (Å²) in [7, 11) is 0. The van der Waals surface area contributed by atoms with E-state index in [1.807, 2.05) is 36.4 Å². The normalized spacial score (nSPS) is 17.8. The molecule has 1 atom stereocenters. The van der Waals surface area contributed by atoms with E-state index in [4.69, 9.17) is 9.47 Å². The topological polar surface area (TPSA) is 21.8 Å². The van der Waals surface area contributed by atoms with Gasteiger partial charge in [-0.1, -0.05) is 48.5 Å². The van der Waals surface area contributed by atoms with Gasteiger partial charge in [0.2, 0.25) is 0 Å². The SMILES string of the molecule is c1ccc(COc2ccccc2C2CO2)cc1. The minimum absolute atomic E-state index is 0.238. The van der Waals surface area contributed by atoms with Crippen LogP contribution in [0.3, 0.4) is 0 Å². The highest BCUT2D eigenvalue weighted by Crippen LogP contribution is 2.36. The monoisotopic (exact) mass is 226 g/mol. The predicted octanol–water partition coefficient (Wildman–Crippen LogP) is 3.34. The first-order valence-corrected chi connectivity index (χ1v) is 5.81. The molecule has 1 fully saturated rings. The molecule has 1 aliphatic rings. The average molecular weight is 226 g/mol. The third-order valence-corrected chi connectivity index (χ3v) is 2.84. The smallest absolute Gasteiger partial charge is 0.125 e. The van der Waals surface area contributed by atoms with E-state index in [-0.39, 0.29) is 6.10 Å². The number of ether oxygens (including phenoxy) is 2. The molecule has 2 aromatic rings. The third kappa shape index (κ3) is 2.48. The van der Waals surface area contributed by atoms with Gasteiger partial charge in [-0.25, -0.2) is 0 Å². The lowest BCUT2D eigenvalue weighted by Gasteiger charge is -2.09. The van der Waals surface area contributed by atoms with Crippen molar-refractivity contribution in [2.24, 2.45) is 0 Å². The molecular weight excluding hydrogens is 212 g/mol. The Morgan fingerprint density at radius 3 is 2.47 bits per heavy atom. The second-order valence-corrected chi connectivity index (χ2v) is 4.13. The fraction of sp³-hybridized carbons (Fsp3) is 0.200. The minimum atomic E-state index is 0.238. The van der Waals surface area contributed by atoms with E-state index in [1.54, 1.807) is 0 Å². The van der Waals surface area contributed by atoms with Gasteiger partial charge in [0.25, 0.3) is 0 Å². The van der Waals surface area contributed by atoms with E-state index in [1.165, 1.54) is 5.56 Å². The quantitative estimate of drug-likeness (QED) is 0.746. The molecule has 0 radical (unpaired) electrons. The molecular formula is C15H14O2. The second kappa shape index (κ2) is 4.60. The summed E-state index contributed by atoms with van der Waals surface area (Å²) in [6.45, 7) is 1.41. The number of hydrogen-bond donors (Lipinski definition) is 0. The predicted molar refractivity (Wildman–Crippen MR) is 65.9 cm³/mol. The third-order valence-electron chi connectivity index (χ3n) is 2.84. The van der Waals surface area contributed by atoms with Crippen molar-refractivity contribution in [1.82, 2.24) is 0 Å². The highest BCUT2D eigenvalue weighted by atomic mass is 16.6. The van der Waals surface area contributed by atoms with Crippen LogP contribution < -0.4 is 4.74 Å². The highest BCUT2D eigenvalue weighted by Gasteiger charge is 2.27. The van der Waals surface area contributed by atoms with Crippen molar-refractivity contribution in [3.05, 3.63) is 65.7 Å². The van der Waals surface area contributed by atoms with Crippen LogP contribution >= 0.6 is 0 Å². The molecule has 2 heteroatoms. The van der Waals surface area contributed by atoms with Gasteiger partial charge in [-0.3, -0.25) is 0 Å². The lowest BCUT2D eigenvalue weighted by Crippen LogP contribution is -1.97. The van der Waals surface area contributed by atoms with E-state index in [0.29, 0.717) is 6.61 Å². The van der Waals surface area contributed by atoms with Gasteiger partial charge < -0.3 is 9.47 Å². The van der Waals surface area contributed by atoms with E-state index >= 15 is 0 Å². The fourth-order valence-corrected chi connectivity index (χ4v) is 1.84. The molecule has 0 amide bonds. The van der Waals surface area contributed by atoms with Gasteiger partial charge in [0.15, 0.2) is 0 Å². The van der Waals surface area contributed by atoms with Crippen LogP contribution in [0.25, 0.3) is 0 Å². The molecule has 2 nitrogen and oxygen atoms in total. The first-order valence-electron chi connectivity index (χ1n) is 5.81. The Kier molecular flexibility index (Phi) is 2.80. The zero-order valence-corrected chi connectivity index (χ0v) is 9.50. The Bertz CT molecular complexity index is 489. The van der Waals surface area contributed by atoms with E-state index in [9.17, 15) is 0 Å². The van der Waals surface area contributed by atoms with E-state index in [0.717, 1.165) is 17.9 Å². The average Bonchev–Trinajstić information content (AvgIpc) is 3.22. The largest absolute Gasteiger partial charge is 0.489 e. The summed E-state index contributed by atoms with van der Waals surface area (Å²) in [5.41, 5.74) is 2.34. The summed E-state index contributed by atoms with van der Waals surface area (Å²) >= 11 is 0. The van der Waals surface area contributed by atoms with Crippen LogP contribution in [-0.4, -0.2) is 6.61 Å². The zero-order chi connectivity index (χ0) is 11.5. The summed E-state index contributed by atoms with van der Waals surface area (Å²) in [5, 5.41) is 0. The maximum atomic E-state index is 5.84. The van der Waals surface area contributed by atoms with Gasteiger partial charge in [0, 0.05) is 5.56 Å². The van der Waals surface area contributed by atoms with Crippen LogP contribution in [0.5, 0.6) is 5.75 Å². The Hall–Kier alpha value is -1.80. The van der Waals surface area contributed by atoms with Gasteiger partial charge in [-0.15, -0.1) is 0 Å². The maximum Gasteiger partial charge on any atom is 0.125 e. The van der Waals surface area contributed by atoms with E-state index in [2.05, 4.69) is 18.2 Å². The molecule has 0 saturated carbocycles. The van der Waals surface area contributed by atoms with Crippen molar-refractivity contribution in [3.63, 3.8) is 0 Å². The van der Waals surface area contributed by atoms with Crippen molar-refractivity contribution in [1.29, 1.82) is 0 Å². The zero-order valence-electron chi connectivity index (χ0n) is 9.50. The molecule has 3 rings (SSSR count).